The van der Waals surface area contributed by atoms with Crippen LogP contribution < -0.4 is 0 Å². The second-order valence-corrected chi connectivity index (χ2v) is 7.29. The predicted molar refractivity (Wildman–Crippen MR) is 103 cm³/mol. The number of allylic oxidation sites excluding steroid dienone is 3. The Labute approximate surface area is 141 Å². The molecule has 0 spiro atoms. The molecule has 0 saturated carbocycles. The van der Waals surface area contributed by atoms with Gasteiger partial charge >= 0.3 is 0 Å². The van der Waals surface area contributed by atoms with E-state index >= 15 is 0 Å². The van der Waals surface area contributed by atoms with Gasteiger partial charge in [0, 0.05) is 0 Å². The van der Waals surface area contributed by atoms with Crippen LogP contribution in [0.25, 0.3) is 0 Å². The molecule has 0 heteroatoms. The summed E-state index contributed by atoms with van der Waals surface area (Å²) in [5.74, 6) is 0.956. The van der Waals surface area contributed by atoms with Gasteiger partial charge in [0.1, 0.15) is 0 Å². The molecule has 0 heterocycles. The summed E-state index contributed by atoms with van der Waals surface area (Å²) < 4.78 is 0. The maximum Gasteiger partial charge on any atom is -0.0144 e. The van der Waals surface area contributed by atoms with E-state index in [9.17, 15) is 0 Å². The largest absolute Gasteiger partial charge is 0.0998 e. The Morgan fingerprint density at radius 2 is 1.36 bits per heavy atom. The minimum Gasteiger partial charge on any atom is -0.0998 e. The van der Waals surface area contributed by atoms with Crippen LogP contribution in [0.1, 0.15) is 111 Å². The zero-order valence-corrected chi connectivity index (χ0v) is 15.8. The Hall–Kier alpha value is -0.520. The lowest BCUT2D eigenvalue weighted by atomic mass is 9.96. The number of hydrogen-bond donors (Lipinski definition) is 0. The van der Waals surface area contributed by atoms with Crippen molar-refractivity contribution in [2.75, 3.05) is 0 Å². The summed E-state index contributed by atoms with van der Waals surface area (Å²) in [7, 11) is 0. The molecule has 1 atom stereocenters. The highest BCUT2D eigenvalue weighted by molar-refractivity contribution is 4.98. The zero-order valence-electron chi connectivity index (χ0n) is 15.8. The predicted octanol–water partition coefficient (Wildman–Crippen LogP) is 8.24. The van der Waals surface area contributed by atoms with Crippen LogP contribution in [-0.2, 0) is 0 Å². The van der Waals surface area contributed by atoms with Crippen LogP contribution >= 0.6 is 0 Å². The molecule has 0 aromatic carbocycles. The van der Waals surface area contributed by atoms with Crippen molar-refractivity contribution in [3.05, 3.63) is 24.3 Å². The molecule has 0 saturated heterocycles. The Morgan fingerprint density at radius 1 is 0.818 bits per heavy atom. The highest BCUT2D eigenvalue weighted by Crippen LogP contribution is 2.17. The van der Waals surface area contributed by atoms with Gasteiger partial charge in [-0.15, -0.1) is 0 Å². The summed E-state index contributed by atoms with van der Waals surface area (Å²) in [6, 6.07) is 0. The van der Waals surface area contributed by atoms with Gasteiger partial charge < -0.3 is 0 Å². The smallest absolute Gasteiger partial charge is 0.0144 e. The molecule has 0 N–H and O–H groups in total. The highest BCUT2D eigenvalue weighted by Gasteiger charge is 2.01. The molecule has 0 amide bonds. The van der Waals surface area contributed by atoms with E-state index in [2.05, 4.69) is 39.5 Å². The third kappa shape index (κ3) is 17.5. The molecule has 0 fully saturated rings. The Morgan fingerprint density at radius 3 is 1.95 bits per heavy atom. The molecule has 0 radical (unpaired) electrons. The summed E-state index contributed by atoms with van der Waals surface area (Å²) in [5.41, 5.74) is 1.26. The van der Waals surface area contributed by atoms with Gasteiger partial charge in [-0.2, -0.15) is 0 Å². The first-order valence-corrected chi connectivity index (χ1v) is 9.96. The molecule has 0 aliphatic carbocycles. The first kappa shape index (κ1) is 21.5. The maximum absolute atomic E-state index is 3.92. The molecule has 0 rings (SSSR count). The molecule has 130 valence electrons. The van der Waals surface area contributed by atoms with Crippen molar-refractivity contribution >= 4 is 0 Å². The monoisotopic (exact) mass is 306 g/mol. The molecular formula is C22H42. The van der Waals surface area contributed by atoms with Gasteiger partial charge in [-0.05, 0) is 32.1 Å². The Balaban J connectivity index is 3.17. The van der Waals surface area contributed by atoms with Gasteiger partial charge in [0.25, 0.3) is 0 Å². The molecule has 22 heavy (non-hydrogen) atoms. The summed E-state index contributed by atoms with van der Waals surface area (Å²) >= 11 is 0. The standard InChI is InChI=1S/C22H42/c1-5-6-15-19-22(4)20-17-14-12-10-8-7-9-11-13-16-18-21(2)3/h13,16,22H,2,5-12,14-15,17-20H2,1,3-4H3. The van der Waals surface area contributed by atoms with Crippen molar-refractivity contribution in [3.8, 4) is 0 Å². The molecule has 0 aromatic heterocycles. The first-order chi connectivity index (χ1) is 10.7. The van der Waals surface area contributed by atoms with Gasteiger partial charge in [0.05, 0.1) is 0 Å². The fourth-order valence-electron chi connectivity index (χ4n) is 2.93. The lowest BCUT2D eigenvalue weighted by Crippen LogP contribution is -1.94. The topological polar surface area (TPSA) is 0 Å². The van der Waals surface area contributed by atoms with E-state index < -0.39 is 0 Å². The summed E-state index contributed by atoms with van der Waals surface area (Å²) in [6.45, 7) is 10.7. The van der Waals surface area contributed by atoms with Gasteiger partial charge in [0.15, 0.2) is 0 Å². The van der Waals surface area contributed by atoms with Crippen LogP contribution in [0.4, 0.5) is 0 Å². The number of unbranched alkanes of at least 4 members (excludes halogenated alkanes) is 9. The van der Waals surface area contributed by atoms with Crippen LogP contribution in [0.5, 0.6) is 0 Å². The fraction of sp³-hybridized carbons (Fsp3) is 0.818. The zero-order chi connectivity index (χ0) is 16.5. The van der Waals surface area contributed by atoms with Gasteiger partial charge in [-0.1, -0.05) is 109 Å². The van der Waals surface area contributed by atoms with Crippen molar-refractivity contribution in [2.24, 2.45) is 5.92 Å². The third-order valence-corrected chi connectivity index (χ3v) is 4.50. The molecular weight excluding hydrogens is 264 g/mol. The SMILES string of the molecule is C=C(C)CC=CCCCCCCCCCC(C)CCCCC. The van der Waals surface area contributed by atoms with E-state index in [1.807, 2.05) is 0 Å². The lowest BCUT2D eigenvalue weighted by Gasteiger charge is -2.10. The molecule has 0 bridgehead atoms. The summed E-state index contributed by atoms with van der Waals surface area (Å²) in [6.07, 6.45) is 24.0. The van der Waals surface area contributed by atoms with E-state index in [1.165, 1.54) is 89.0 Å². The maximum atomic E-state index is 3.92. The Kier molecular flexibility index (Phi) is 16.4. The van der Waals surface area contributed by atoms with E-state index in [4.69, 9.17) is 0 Å². The minimum atomic E-state index is 0.956. The van der Waals surface area contributed by atoms with Crippen LogP contribution in [-0.4, -0.2) is 0 Å². The highest BCUT2D eigenvalue weighted by atomic mass is 14.1. The average Bonchev–Trinajstić information content (AvgIpc) is 2.48. The minimum absolute atomic E-state index is 0.956. The van der Waals surface area contributed by atoms with E-state index in [1.54, 1.807) is 0 Å². The van der Waals surface area contributed by atoms with Crippen LogP contribution in [0, 0.1) is 5.92 Å². The second kappa shape index (κ2) is 16.8. The van der Waals surface area contributed by atoms with Crippen molar-refractivity contribution in [1.29, 1.82) is 0 Å². The third-order valence-electron chi connectivity index (χ3n) is 4.50. The Bertz CT molecular complexity index is 261. The van der Waals surface area contributed by atoms with Gasteiger partial charge in [-0.25, -0.2) is 0 Å². The van der Waals surface area contributed by atoms with Crippen LogP contribution in [0.3, 0.4) is 0 Å². The van der Waals surface area contributed by atoms with Crippen LogP contribution in [0.2, 0.25) is 0 Å². The number of rotatable bonds is 16. The number of hydrogen-bond acceptors (Lipinski definition) is 0. The van der Waals surface area contributed by atoms with E-state index in [0.717, 1.165) is 12.3 Å². The van der Waals surface area contributed by atoms with Crippen molar-refractivity contribution in [1.82, 2.24) is 0 Å². The van der Waals surface area contributed by atoms with Gasteiger partial charge in [0.2, 0.25) is 0 Å². The first-order valence-electron chi connectivity index (χ1n) is 9.96. The van der Waals surface area contributed by atoms with Crippen molar-refractivity contribution in [3.63, 3.8) is 0 Å². The quantitative estimate of drug-likeness (QED) is 0.199. The molecule has 0 nitrogen and oxygen atoms in total. The van der Waals surface area contributed by atoms with Crippen LogP contribution in [0.15, 0.2) is 24.3 Å². The summed E-state index contributed by atoms with van der Waals surface area (Å²) in [4.78, 5) is 0. The lowest BCUT2D eigenvalue weighted by molar-refractivity contribution is 0.436. The molecule has 1 unspecified atom stereocenters. The molecule has 0 aromatic rings. The van der Waals surface area contributed by atoms with Crippen molar-refractivity contribution in [2.45, 2.75) is 111 Å². The molecule has 0 aliphatic rings. The van der Waals surface area contributed by atoms with Gasteiger partial charge in [-0.3, -0.25) is 0 Å². The molecule has 0 aliphatic heterocycles. The normalized spacial score (nSPS) is 12.9. The fourth-order valence-corrected chi connectivity index (χ4v) is 2.93. The van der Waals surface area contributed by atoms with E-state index in [-0.39, 0.29) is 0 Å². The van der Waals surface area contributed by atoms with E-state index in [0.29, 0.717) is 0 Å². The average molecular weight is 307 g/mol. The van der Waals surface area contributed by atoms with Crippen molar-refractivity contribution < 1.29 is 0 Å². The second-order valence-electron chi connectivity index (χ2n) is 7.29. The summed E-state index contributed by atoms with van der Waals surface area (Å²) in [5, 5.41) is 0.